The van der Waals surface area contributed by atoms with Crippen LogP contribution < -0.4 is 24.6 Å². The Hall–Kier alpha value is -3.27. The molecule has 0 saturated carbocycles. The molecule has 154 valence electrons. The summed E-state index contributed by atoms with van der Waals surface area (Å²) in [7, 11) is 0. The number of nitrogens with one attached hydrogen (secondary N) is 1. The zero-order chi connectivity index (χ0) is 20.8. The maximum Gasteiger partial charge on any atom is 0.335 e. The first-order valence-corrected chi connectivity index (χ1v) is 10.2. The van der Waals surface area contributed by atoms with Gasteiger partial charge in [-0.05, 0) is 47.0 Å². The summed E-state index contributed by atoms with van der Waals surface area (Å²) in [6.07, 6.45) is 3.50. The van der Waals surface area contributed by atoms with Gasteiger partial charge >= 0.3 is 6.03 Å². The molecule has 3 aliphatic heterocycles. The molecule has 5 rings (SSSR count). The average molecular weight is 474 g/mol. The number of carbonyl (C=O) groups excluding carboxylic acids is 3. The van der Waals surface area contributed by atoms with E-state index in [1.807, 2.05) is 0 Å². The van der Waals surface area contributed by atoms with Gasteiger partial charge in [0, 0.05) is 25.2 Å². The number of hydrogen-bond donors (Lipinski definition) is 1. The summed E-state index contributed by atoms with van der Waals surface area (Å²) in [5.74, 6) is 0.398. The van der Waals surface area contributed by atoms with E-state index in [1.165, 1.54) is 12.1 Å². The highest BCUT2D eigenvalue weighted by atomic mass is 79.9. The first-order valence-electron chi connectivity index (χ1n) is 9.36. The van der Waals surface area contributed by atoms with Crippen LogP contribution in [0.5, 0.6) is 11.5 Å². The van der Waals surface area contributed by atoms with Crippen molar-refractivity contribution in [2.75, 3.05) is 29.7 Å². The normalized spacial score (nSPS) is 19.8. The lowest BCUT2D eigenvalue weighted by Crippen LogP contribution is -2.54. The van der Waals surface area contributed by atoms with Crippen LogP contribution in [-0.2, 0) is 9.59 Å². The van der Waals surface area contributed by atoms with Crippen LogP contribution >= 0.6 is 15.9 Å². The van der Waals surface area contributed by atoms with Gasteiger partial charge in [0.1, 0.15) is 11.3 Å². The van der Waals surface area contributed by atoms with Crippen LogP contribution in [0.15, 0.2) is 38.7 Å². The molecule has 9 nitrogen and oxygen atoms in total. The third-order valence-corrected chi connectivity index (χ3v) is 5.65. The number of ether oxygens (including phenoxy) is 2. The Balaban J connectivity index is 1.48. The molecule has 0 radical (unpaired) electrons. The third kappa shape index (κ3) is 3.13. The predicted molar refractivity (Wildman–Crippen MR) is 109 cm³/mol. The van der Waals surface area contributed by atoms with Crippen LogP contribution in [-0.4, -0.2) is 37.7 Å². The fraction of sp³-hybridized carbons (Fsp3) is 0.250. The average Bonchev–Trinajstić information content (AvgIpc) is 3.45. The van der Waals surface area contributed by atoms with E-state index < -0.39 is 17.8 Å². The van der Waals surface area contributed by atoms with Crippen molar-refractivity contribution in [2.45, 2.75) is 12.8 Å². The molecular formula is C20H16BrN3O6. The lowest BCUT2D eigenvalue weighted by Gasteiger charge is -2.26. The molecule has 2 aromatic rings. The first kappa shape index (κ1) is 18.7. The molecule has 4 amide bonds. The van der Waals surface area contributed by atoms with Crippen molar-refractivity contribution in [3.63, 3.8) is 0 Å². The molecule has 2 saturated heterocycles. The van der Waals surface area contributed by atoms with Gasteiger partial charge in [-0.2, -0.15) is 0 Å². The Bertz CT molecular complexity index is 1100. The van der Waals surface area contributed by atoms with Gasteiger partial charge in [-0.1, -0.05) is 0 Å². The van der Waals surface area contributed by atoms with Gasteiger partial charge in [-0.25, -0.2) is 9.69 Å². The van der Waals surface area contributed by atoms with Crippen molar-refractivity contribution in [1.82, 2.24) is 5.32 Å². The van der Waals surface area contributed by atoms with Crippen molar-refractivity contribution in [3.05, 3.63) is 40.1 Å². The van der Waals surface area contributed by atoms with Crippen molar-refractivity contribution < 1.29 is 28.3 Å². The smallest absolute Gasteiger partial charge is 0.335 e. The fourth-order valence-electron chi connectivity index (χ4n) is 3.64. The summed E-state index contributed by atoms with van der Waals surface area (Å²) < 4.78 is 17.2. The van der Waals surface area contributed by atoms with Gasteiger partial charge in [0.15, 0.2) is 11.5 Å². The Labute approximate surface area is 179 Å². The largest absolute Gasteiger partial charge is 0.454 e. The second-order valence-electron chi connectivity index (χ2n) is 6.99. The quantitative estimate of drug-likeness (QED) is 0.539. The molecule has 1 aromatic heterocycles. The van der Waals surface area contributed by atoms with E-state index in [0.717, 1.165) is 35.3 Å². The number of rotatable bonds is 3. The number of fused-ring (bicyclic) bond motifs is 1. The number of benzene rings is 1. The van der Waals surface area contributed by atoms with Crippen LogP contribution in [0.4, 0.5) is 16.4 Å². The SMILES string of the molecule is O=C1NC(=O)N(c2ccc3c(c2)OCO3)C(=O)/C1=C/c1cc(Br)c(N2CCCC2)o1. The van der Waals surface area contributed by atoms with Crippen molar-refractivity contribution in [3.8, 4) is 11.5 Å². The maximum absolute atomic E-state index is 13.0. The van der Waals surface area contributed by atoms with Crippen molar-refractivity contribution >= 4 is 51.4 Å². The van der Waals surface area contributed by atoms with Crippen LogP contribution in [0.2, 0.25) is 0 Å². The summed E-state index contributed by atoms with van der Waals surface area (Å²) >= 11 is 3.47. The number of barbiturate groups is 1. The Kier molecular flexibility index (Phi) is 4.50. The van der Waals surface area contributed by atoms with Crippen LogP contribution in [0.3, 0.4) is 0 Å². The monoisotopic (exact) mass is 473 g/mol. The summed E-state index contributed by atoms with van der Waals surface area (Å²) in [5.41, 5.74) is 0.0556. The molecule has 0 aliphatic carbocycles. The molecule has 0 unspecified atom stereocenters. The predicted octanol–water partition coefficient (Wildman–Crippen LogP) is 3.04. The molecule has 1 N–H and O–H groups in total. The lowest BCUT2D eigenvalue weighted by atomic mass is 10.1. The van der Waals surface area contributed by atoms with E-state index in [2.05, 4.69) is 26.1 Å². The number of urea groups is 1. The molecule has 4 heterocycles. The van der Waals surface area contributed by atoms with Gasteiger partial charge in [0.05, 0.1) is 10.2 Å². The minimum absolute atomic E-state index is 0.0648. The molecule has 1 aromatic carbocycles. The molecular weight excluding hydrogens is 458 g/mol. The van der Waals surface area contributed by atoms with Crippen LogP contribution in [0, 0.1) is 0 Å². The number of hydrogen-bond acceptors (Lipinski definition) is 7. The molecule has 30 heavy (non-hydrogen) atoms. The summed E-state index contributed by atoms with van der Waals surface area (Å²) in [6.45, 7) is 1.83. The van der Waals surface area contributed by atoms with Crippen LogP contribution in [0.1, 0.15) is 18.6 Å². The summed E-state index contributed by atoms with van der Waals surface area (Å²) in [5, 5.41) is 2.20. The van der Waals surface area contributed by atoms with Crippen molar-refractivity contribution in [2.24, 2.45) is 0 Å². The second kappa shape index (κ2) is 7.21. The Morgan fingerprint density at radius 2 is 1.80 bits per heavy atom. The highest BCUT2D eigenvalue weighted by Crippen LogP contribution is 2.37. The highest BCUT2D eigenvalue weighted by molar-refractivity contribution is 9.10. The number of halogens is 1. The van der Waals surface area contributed by atoms with E-state index >= 15 is 0 Å². The third-order valence-electron chi connectivity index (χ3n) is 5.08. The maximum atomic E-state index is 13.0. The van der Waals surface area contributed by atoms with E-state index in [1.54, 1.807) is 18.2 Å². The van der Waals surface area contributed by atoms with Crippen LogP contribution in [0.25, 0.3) is 6.08 Å². The highest BCUT2D eigenvalue weighted by Gasteiger charge is 2.38. The molecule has 2 fully saturated rings. The second-order valence-corrected chi connectivity index (χ2v) is 7.85. The van der Waals surface area contributed by atoms with E-state index in [9.17, 15) is 14.4 Å². The van der Waals surface area contributed by atoms with Gasteiger partial charge in [0.25, 0.3) is 11.8 Å². The molecule has 0 bridgehead atoms. The topological polar surface area (TPSA) is 101 Å². The van der Waals surface area contributed by atoms with Gasteiger partial charge in [-0.3, -0.25) is 14.9 Å². The van der Waals surface area contributed by atoms with Gasteiger partial charge in [-0.15, -0.1) is 0 Å². The van der Waals surface area contributed by atoms with Crippen molar-refractivity contribution in [1.29, 1.82) is 0 Å². The summed E-state index contributed by atoms with van der Waals surface area (Å²) in [4.78, 5) is 40.8. The number of imide groups is 2. The zero-order valence-corrected chi connectivity index (χ0v) is 17.2. The van der Waals surface area contributed by atoms with E-state index in [4.69, 9.17) is 13.9 Å². The number of nitrogens with zero attached hydrogens (tertiary/aromatic N) is 2. The number of amides is 4. The minimum atomic E-state index is -0.834. The summed E-state index contributed by atoms with van der Waals surface area (Å²) in [6, 6.07) is 5.53. The number of anilines is 2. The Morgan fingerprint density at radius 1 is 1.03 bits per heavy atom. The minimum Gasteiger partial charge on any atom is -0.454 e. The first-order chi connectivity index (χ1) is 14.5. The molecule has 10 heteroatoms. The fourth-order valence-corrected chi connectivity index (χ4v) is 4.20. The lowest BCUT2D eigenvalue weighted by molar-refractivity contribution is -0.122. The number of furan rings is 1. The standard InChI is InChI=1S/C20H16BrN3O6/c21-14-9-12(30-19(14)23-5-1-2-6-23)8-13-17(25)22-20(27)24(18(13)26)11-3-4-15-16(7-11)29-10-28-15/h3-4,7-9H,1-2,5-6,10H2,(H,22,25,27)/b13-8+. The van der Waals surface area contributed by atoms with E-state index in [0.29, 0.717) is 23.1 Å². The zero-order valence-electron chi connectivity index (χ0n) is 15.6. The van der Waals surface area contributed by atoms with Gasteiger partial charge in [0.2, 0.25) is 12.7 Å². The molecule has 0 spiro atoms. The van der Waals surface area contributed by atoms with E-state index in [-0.39, 0.29) is 18.1 Å². The number of carbonyl (C=O) groups is 3. The molecule has 0 atom stereocenters. The Morgan fingerprint density at radius 3 is 2.60 bits per heavy atom. The molecule has 3 aliphatic rings. The van der Waals surface area contributed by atoms with Gasteiger partial charge < -0.3 is 18.8 Å².